The van der Waals surface area contributed by atoms with Crippen molar-refractivity contribution in [2.24, 2.45) is 0 Å². The van der Waals surface area contributed by atoms with Crippen molar-refractivity contribution in [3.63, 3.8) is 0 Å². The molecule has 0 aliphatic carbocycles. The molecule has 3 heterocycles. The fraction of sp³-hybridized carbons (Fsp3) is 0.545. The summed E-state index contributed by atoms with van der Waals surface area (Å²) in [4.78, 5) is 11.0. The molecule has 2 N–H and O–H groups in total. The average Bonchev–Trinajstić information content (AvgIpc) is 2.99. The minimum Gasteiger partial charge on any atom is -0.336 e. The molecular weight excluding hydrogens is 248 g/mol. The fourth-order valence-electron chi connectivity index (χ4n) is 2.33. The summed E-state index contributed by atoms with van der Waals surface area (Å²) in [6.07, 6.45) is 0. The van der Waals surface area contributed by atoms with E-state index in [0.717, 1.165) is 30.6 Å². The molecule has 96 valence electrons. The average molecular weight is 264 g/mol. The van der Waals surface area contributed by atoms with Crippen molar-refractivity contribution >= 4 is 17.3 Å². The minimum atomic E-state index is 0.454. The van der Waals surface area contributed by atoms with Crippen LogP contribution in [0.25, 0.3) is 11.5 Å². The zero-order chi connectivity index (χ0) is 12.5. The van der Waals surface area contributed by atoms with Gasteiger partial charge in [0.05, 0.1) is 5.51 Å². The van der Waals surface area contributed by atoms with E-state index in [0.29, 0.717) is 12.1 Å². The summed E-state index contributed by atoms with van der Waals surface area (Å²) in [5.41, 5.74) is 2.65. The van der Waals surface area contributed by atoms with Crippen LogP contribution in [0.4, 0.5) is 5.95 Å². The number of hydrogen-bond donors (Lipinski definition) is 2. The maximum absolute atomic E-state index is 4.52. The molecule has 3 rings (SSSR count). The van der Waals surface area contributed by atoms with Gasteiger partial charge in [0.15, 0.2) is 5.82 Å². The lowest BCUT2D eigenvalue weighted by atomic mass is 10.1. The number of aromatic nitrogens is 4. The lowest BCUT2D eigenvalue weighted by Gasteiger charge is -2.35. The SMILES string of the molecule is CC1CN(c2n[nH]c(-c3cscn3)n2)CC(C)N1. The van der Waals surface area contributed by atoms with Gasteiger partial charge in [-0.25, -0.2) is 4.98 Å². The Labute approximate surface area is 109 Å². The van der Waals surface area contributed by atoms with E-state index in [-0.39, 0.29) is 0 Å². The topological polar surface area (TPSA) is 69.7 Å². The van der Waals surface area contributed by atoms with E-state index in [1.54, 1.807) is 16.8 Å². The van der Waals surface area contributed by atoms with Gasteiger partial charge in [0.1, 0.15) is 5.69 Å². The third kappa shape index (κ3) is 2.23. The Morgan fingerprint density at radius 2 is 2.11 bits per heavy atom. The number of H-pyrrole nitrogens is 1. The van der Waals surface area contributed by atoms with Crippen LogP contribution in [0, 0.1) is 0 Å². The third-order valence-electron chi connectivity index (χ3n) is 2.99. The Hall–Kier alpha value is -1.47. The number of aromatic amines is 1. The van der Waals surface area contributed by atoms with E-state index >= 15 is 0 Å². The van der Waals surface area contributed by atoms with Crippen LogP contribution in [0.2, 0.25) is 0 Å². The summed E-state index contributed by atoms with van der Waals surface area (Å²) in [6, 6.07) is 0.907. The summed E-state index contributed by atoms with van der Waals surface area (Å²) in [5.74, 6) is 1.50. The number of nitrogens with zero attached hydrogens (tertiary/aromatic N) is 4. The van der Waals surface area contributed by atoms with Crippen LogP contribution < -0.4 is 10.2 Å². The lowest BCUT2D eigenvalue weighted by Crippen LogP contribution is -2.54. The standard InChI is InChI=1S/C11H16N6S/c1-7-3-17(4-8(2)13-7)11-14-10(15-16-11)9-5-18-6-12-9/h5-8,13H,3-4H2,1-2H3,(H,14,15,16). The van der Waals surface area contributed by atoms with Gasteiger partial charge in [-0.15, -0.1) is 16.4 Å². The zero-order valence-electron chi connectivity index (χ0n) is 10.4. The molecule has 0 radical (unpaired) electrons. The molecule has 0 spiro atoms. The summed E-state index contributed by atoms with van der Waals surface area (Å²) in [5, 5.41) is 12.7. The van der Waals surface area contributed by atoms with E-state index in [2.05, 4.69) is 44.2 Å². The largest absolute Gasteiger partial charge is 0.336 e. The molecule has 2 atom stereocenters. The number of piperazine rings is 1. The minimum absolute atomic E-state index is 0.454. The van der Waals surface area contributed by atoms with E-state index in [1.165, 1.54) is 0 Å². The number of anilines is 1. The number of hydrogen-bond acceptors (Lipinski definition) is 6. The van der Waals surface area contributed by atoms with Gasteiger partial charge in [0.2, 0.25) is 5.95 Å². The van der Waals surface area contributed by atoms with Crippen LogP contribution in [0.3, 0.4) is 0 Å². The zero-order valence-corrected chi connectivity index (χ0v) is 11.2. The van der Waals surface area contributed by atoms with Gasteiger partial charge < -0.3 is 10.2 Å². The van der Waals surface area contributed by atoms with Crippen LogP contribution >= 0.6 is 11.3 Å². The summed E-state index contributed by atoms with van der Waals surface area (Å²) in [7, 11) is 0. The first-order chi connectivity index (χ1) is 8.72. The van der Waals surface area contributed by atoms with Crippen molar-refractivity contribution in [3.05, 3.63) is 10.9 Å². The Morgan fingerprint density at radius 1 is 1.33 bits per heavy atom. The number of rotatable bonds is 2. The van der Waals surface area contributed by atoms with Crippen molar-refractivity contribution in [3.8, 4) is 11.5 Å². The smallest absolute Gasteiger partial charge is 0.245 e. The number of thiazole rings is 1. The fourth-order valence-corrected chi connectivity index (χ4v) is 2.87. The molecule has 1 aliphatic rings. The molecule has 0 bridgehead atoms. The van der Waals surface area contributed by atoms with Gasteiger partial charge in [0, 0.05) is 30.6 Å². The van der Waals surface area contributed by atoms with Gasteiger partial charge in [0.25, 0.3) is 0 Å². The second kappa shape index (κ2) is 4.66. The Bertz CT molecular complexity index is 497. The molecule has 2 aromatic heterocycles. The molecule has 18 heavy (non-hydrogen) atoms. The molecule has 1 saturated heterocycles. The first-order valence-corrected chi connectivity index (χ1v) is 6.98. The lowest BCUT2D eigenvalue weighted by molar-refractivity contribution is 0.403. The van der Waals surface area contributed by atoms with Crippen LogP contribution in [0.1, 0.15) is 13.8 Å². The highest BCUT2D eigenvalue weighted by molar-refractivity contribution is 7.07. The Balaban J connectivity index is 1.80. The predicted molar refractivity (Wildman–Crippen MR) is 71.8 cm³/mol. The Morgan fingerprint density at radius 3 is 2.78 bits per heavy atom. The van der Waals surface area contributed by atoms with Crippen LogP contribution in [0.5, 0.6) is 0 Å². The van der Waals surface area contributed by atoms with Gasteiger partial charge in [-0.1, -0.05) is 0 Å². The second-order valence-electron chi connectivity index (χ2n) is 4.73. The van der Waals surface area contributed by atoms with Gasteiger partial charge in [-0.2, -0.15) is 4.98 Å². The van der Waals surface area contributed by atoms with Crippen molar-refractivity contribution < 1.29 is 0 Å². The van der Waals surface area contributed by atoms with Gasteiger partial charge in [-0.05, 0) is 13.8 Å². The highest BCUT2D eigenvalue weighted by Crippen LogP contribution is 2.18. The molecule has 0 amide bonds. The van der Waals surface area contributed by atoms with Gasteiger partial charge in [-0.3, -0.25) is 5.10 Å². The van der Waals surface area contributed by atoms with Crippen molar-refractivity contribution in [2.75, 3.05) is 18.0 Å². The van der Waals surface area contributed by atoms with Crippen LogP contribution in [-0.4, -0.2) is 45.3 Å². The van der Waals surface area contributed by atoms with Crippen molar-refractivity contribution in [1.82, 2.24) is 25.5 Å². The highest BCUT2D eigenvalue weighted by Gasteiger charge is 2.23. The summed E-state index contributed by atoms with van der Waals surface area (Å²) < 4.78 is 0. The molecule has 1 fully saturated rings. The molecule has 1 aliphatic heterocycles. The number of nitrogens with one attached hydrogen (secondary N) is 2. The molecule has 7 heteroatoms. The van der Waals surface area contributed by atoms with E-state index in [9.17, 15) is 0 Å². The van der Waals surface area contributed by atoms with Crippen LogP contribution in [-0.2, 0) is 0 Å². The maximum Gasteiger partial charge on any atom is 0.245 e. The predicted octanol–water partition coefficient (Wildman–Crippen LogP) is 1.11. The highest BCUT2D eigenvalue weighted by atomic mass is 32.1. The first kappa shape index (κ1) is 11.6. The van der Waals surface area contributed by atoms with Crippen LogP contribution in [0.15, 0.2) is 10.9 Å². The third-order valence-corrected chi connectivity index (χ3v) is 3.58. The van der Waals surface area contributed by atoms with E-state index < -0.39 is 0 Å². The van der Waals surface area contributed by atoms with E-state index in [1.807, 2.05) is 5.38 Å². The van der Waals surface area contributed by atoms with E-state index in [4.69, 9.17) is 0 Å². The molecule has 0 aromatic carbocycles. The summed E-state index contributed by atoms with van der Waals surface area (Å²) in [6.45, 7) is 6.21. The maximum atomic E-state index is 4.52. The molecule has 0 saturated carbocycles. The molecule has 2 unspecified atom stereocenters. The molecule has 2 aromatic rings. The molecular formula is C11H16N6S. The van der Waals surface area contributed by atoms with Gasteiger partial charge >= 0.3 is 0 Å². The quantitative estimate of drug-likeness (QED) is 0.850. The second-order valence-corrected chi connectivity index (χ2v) is 5.45. The summed E-state index contributed by atoms with van der Waals surface area (Å²) >= 11 is 1.56. The molecule has 6 nitrogen and oxygen atoms in total. The monoisotopic (exact) mass is 264 g/mol. The normalized spacial score (nSPS) is 24.4. The van der Waals surface area contributed by atoms with Crippen molar-refractivity contribution in [2.45, 2.75) is 25.9 Å². The Kier molecular flexibility index (Phi) is 3.00. The first-order valence-electron chi connectivity index (χ1n) is 6.04. The van der Waals surface area contributed by atoms with Crippen molar-refractivity contribution in [1.29, 1.82) is 0 Å².